The number of benzene rings is 2. The molecular weight excluding hydrogens is 376 g/mol. The molecule has 3 rings (SSSR count). The van der Waals surface area contributed by atoms with E-state index in [4.69, 9.17) is 9.47 Å². The number of methoxy groups -OCH3 is 1. The van der Waals surface area contributed by atoms with E-state index < -0.39 is 6.09 Å². The number of fused-ring (bicyclic) bond motifs is 1. The van der Waals surface area contributed by atoms with E-state index in [2.05, 4.69) is 4.98 Å². The van der Waals surface area contributed by atoms with Crippen LogP contribution in [0, 0.1) is 12.8 Å². The van der Waals surface area contributed by atoms with Crippen LogP contribution in [0.3, 0.4) is 0 Å². The molecule has 1 heterocycles. The van der Waals surface area contributed by atoms with E-state index in [0.29, 0.717) is 18.0 Å². The predicted octanol–water partition coefficient (Wildman–Crippen LogP) is 4.94. The lowest BCUT2D eigenvalue weighted by Crippen LogP contribution is -2.40. The molecule has 0 aliphatic rings. The van der Waals surface area contributed by atoms with Crippen LogP contribution in [0.2, 0.25) is 0 Å². The Labute approximate surface area is 167 Å². The molecule has 0 atom stereocenters. The van der Waals surface area contributed by atoms with Crippen LogP contribution in [-0.4, -0.2) is 24.1 Å². The number of rotatable bonds is 5. The third-order valence-electron chi connectivity index (χ3n) is 4.18. The number of thiazole rings is 1. The Bertz CT molecular complexity index is 980. The Balaban J connectivity index is 1.78. The van der Waals surface area contributed by atoms with Crippen LogP contribution >= 0.6 is 11.3 Å². The second-order valence-corrected chi connectivity index (χ2v) is 7.73. The van der Waals surface area contributed by atoms with Crippen molar-refractivity contribution in [1.29, 1.82) is 0 Å². The molecule has 0 aliphatic heterocycles. The van der Waals surface area contributed by atoms with Crippen molar-refractivity contribution in [2.45, 2.75) is 27.4 Å². The van der Waals surface area contributed by atoms with Crippen molar-refractivity contribution in [3.8, 4) is 5.75 Å². The zero-order valence-corrected chi connectivity index (χ0v) is 17.1. The van der Waals surface area contributed by atoms with E-state index >= 15 is 0 Å². The summed E-state index contributed by atoms with van der Waals surface area (Å²) < 4.78 is 11.8. The number of anilines is 1. The molecule has 3 aromatic rings. The number of carbonyl (C=O) groups is 2. The Morgan fingerprint density at radius 1 is 1.18 bits per heavy atom. The molecule has 0 spiro atoms. The van der Waals surface area contributed by atoms with Crippen LogP contribution in [-0.2, 0) is 16.1 Å². The van der Waals surface area contributed by atoms with Gasteiger partial charge in [0, 0.05) is 5.92 Å². The monoisotopic (exact) mass is 398 g/mol. The number of nitrogens with zero attached hydrogens (tertiary/aromatic N) is 2. The zero-order chi connectivity index (χ0) is 20.3. The molecule has 2 amide bonds. The highest BCUT2D eigenvalue weighted by atomic mass is 32.1. The number of hydrogen-bond donors (Lipinski definition) is 0. The first-order chi connectivity index (χ1) is 13.4. The van der Waals surface area contributed by atoms with Gasteiger partial charge in [0.15, 0.2) is 0 Å². The summed E-state index contributed by atoms with van der Waals surface area (Å²) in [7, 11) is 1.26. The molecule has 0 fully saturated rings. The van der Waals surface area contributed by atoms with Gasteiger partial charge >= 0.3 is 6.09 Å². The fourth-order valence-corrected chi connectivity index (χ4v) is 3.63. The lowest BCUT2D eigenvalue weighted by atomic mass is 10.1. The molecule has 0 unspecified atom stereocenters. The summed E-state index contributed by atoms with van der Waals surface area (Å²) in [6.07, 6.45) is -0.704. The van der Waals surface area contributed by atoms with Gasteiger partial charge in [-0.2, -0.15) is 0 Å². The van der Waals surface area contributed by atoms with Gasteiger partial charge in [0.1, 0.15) is 17.4 Å². The average molecular weight is 398 g/mol. The topological polar surface area (TPSA) is 68.7 Å². The van der Waals surface area contributed by atoms with Gasteiger partial charge in [-0.25, -0.2) is 14.7 Å². The molecule has 0 aliphatic carbocycles. The standard InChI is InChI=1S/C21H22N2O4S/c1-13(2)20(24)23(21(25)26-4)17-10-9-15(11-14(17)3)27-12-19-22-16-7-5-6-8-18(16)28-19/h5-11,13H,12H2,1-4H3. The van der Waals surface area contributed by atoms with Gasteiger partial charge in [-0.1, -0.05) is 26.0 Å². The van der Waals surface area contributed by atoms with Gasteiger partial charge < -0.3 is 9.47 Å². The summed E-state index contributed by atoms with van der Waals surface area (Å²) in [5, 5.41) is 0.883. The lowest BCUT2D eigenvalue weighted by Gasteiger charge is -2.23. The van der Waals surface area contributed by atoms with E-state index in [1.54, 1.807) is 43.4 Å². The molecule has 7 heteroatoms. The Morgan fingerprint density at radius 2 is 1.93 bits per heavy atom. The smallest absolute Gasteiger partial charge is 0.420 e. The first-order valence-electron chi connectivity index (χ1n) is 8.90. The molecule has 0 bridgehead atoms. The summed E-state index contributed by atoms with van der Waals surface area (Å²) >= 11 is 1.59. The second kappa shape index (κ2) is 8.39. The van der Waals surface area contributed by atoms with Crippen molar-refractivity contribution in [2.24, 2.45) is 5.92 Å². The second-order valence-electron chi connectivity index (χ2n) is 6.61. The highest BCUT2D eigenvalue weighted by Crippen LogP contribution is 2.28. The van der Waals surface area contributed by atoms with E-state index in [1.807, 2.05) is 31.2 Å². The zero-order valence-electron chi connectivity index (χ0n) is 16.3. The van der Waals surface area contributed by atoms with Crippen LogP contribution in [0.25, 0.3) is 10.2 Å². The van der Waals surface area contributed by atoms with Crippen molar-refractivity contribution >= 4 is 39.2 Å². The van der Waals surface area contributed by atoms with Gasteiger partial charge in [0.05, 0.1) is 23.0 Å². The number of aryl methyl sites for hydroxylation is 1. The molecule has 146 valence electrons. The Hall–Kier alpha value is -2.93. The maximum Gasteiger partial charge on any atom is 0.420 e. The van der Waals surface area contributed by atoms with Crippen molar-refractivity contribution in [2.75, 3.05) is 12.0 Å². The number of imide groups is 1. The minimum atomic E-state index is -0.704. The molecule has 0 radical (unpaired) electrons. The highest BCUT2D eigenvalue weighted by molar-refractivity contribution is 7.18. The summed E-state index contributed by atoms with van der Waals surface area (Å²) in [6.45, 7) is 5.65. The number of para-hydroxylation sites is 1. The number of amides is 2. The molecule has 0 N–H and O–H groups in total. The average Bonchev–Trinajstić information content (AvgIpc) is 3.10. The van der Waals surface area contributed by atoms with Crippen LogP contribution in [0.5, 0.6) is 5.75 Å². The van der Waals surface area contributed by atoms with Crippen molar-refractivity contribution in [3.63, 3.8) is 0 Å². The number of carbonyl (C=O) groups excluding carboxylic acids is 2. The summed E-state index contributed by atoms with van der Waals surface area (Å²) in [4.78, 5) is 30.2. The molecule has 6 nitrogen and oxygen atoms in total. The van der Waals surface area contributed by atoms with E-state index in [0.717, 1.165) is 25.7 Å². The van der Waals surface area contributed by atoms with Crippen LogP contribution in [0.1, 0.15) is 24.4 Å². The lowest BCUT2D eigenvalue weighted by molar-refractivity contribution is -0.120. The normalized spacial score (nSPS) is 10.9. The first kappa shape index (κ1) is 19.8. The predicted molar refractivity (Wildman–Crippen MR) is 110 cm³/mol. The minimum Gasteiger partial charge on any atom is -0.486 e. The Morgan fingerprint density at radius 3 is 2.57 bits per heavy atom. The number of hydrogen-bond acceptors (Lipinski definition) is 6. The van der Waals surface area contributed by atoms with Crippen LogP contribution in [0.4, 0.5) is 10.5 Å². The summed E-state index contributed by atoms with van der Waals surface area (Å²) in [5.74, 6) is -0.0196. The molecule has 0 saturated heterocycles. The minimum absolute atomic E-state index is 0.321. The molecule has 1 aromatic heterocycles. The maximum atomic E-state index is 12.5. The molecule has 0 saturated carbocycles. The van der Waals surface area contributed by atoms with Gasteiger partial charge in [-0.15, -0.1) is 11.3 Å². The largest absolute Gasteiger partial charge is 0.486 e. The third-order valence-corrected chi connectivity index (χ3v) is 5.19. The fourth-order valence-electron chi connectivity index (χ4n) is 2.75. The quantitative estimate of drug-likeness (QED) is 0.609. The van der Waals surface area contributed by atoms with Crippen molar-refractivity contribution in [1.82, 2.24) is 4.98 Å². The van der Waals surface area contributed by atoms with E-state index in [1.165, 1.54) is 7.11 Å². The van der Waals surface area contributed by atoms with Gasteiger partial charge in [-0.3, -0.25) is 4.79 Å². The Kier molecular flexibility index (Phi) is 5.94. The maximum absolute atomic E-state index is 12.5. The van der Waals surface area contributed by atoms with Gasteiger partial charge in [0.25, 0.3) is 0 Å². The van der Waals surface area contributed by atoms with E-state index in [-0.39, 0.29) is 11.8 Å². The van der Waals surface area contributed by atoms with Gasteiger partial charge in [-0.05, 0) is 42.8 Å². The fraction of sp³-hybridized carbons (Fsp3) is 0.286. The number of ether oxygens (including phenoxy) is 2. The van der Waals surface area contributed by atoms with Gasteiger partial charge in [0.2, 0.25) is 5.91 Å². The summed E-state index contributed by atoms with van der Waals surface area (Å²) in [6, 6.07) is 13.2. The third kappa shape index (κ3) is 4.14. The van der Waals surface area contributed by atoms with E-state index in [9.17, 15) is 9.59 Å². The first-order valence-corrected chi connectivity index (χ1v) is 9.72. The molecule has 28 heavy (non-hydrogen) atoms. The highest BCUT2D eigenvalue weighted by Gasteiger charge is 2.27. The molecule has 2 aromatic carbocycles. The van der Waals surface area contributed by atoms with Crippen molar-refractivity contribution in [3.05, 3.63) is 53.0 Å². The summed E-state index contributed by atoms with van der Waals surface area (Å²) in [5.41, 5.74) is 2.18. The SMILES string of the molecule is COC(=O)N(C(=O)C(C)C)c1ccc(OCc2nc3ccccc3s2)cc1C. The molecular formula is C21H22N2O4S. The van der Waals surface area contributed by atoms with Crippen molar-refractivity contribution < 1.29 is 19.1 Å². The van der Waals surface area contributed by atoms with Crippen LogP contribution in [0.15, 0.2) is 42.5 Å². The number of aromatic nitrogens is 1. The van der Waals surface area contributed by atoms with Crippen LogP contribution < -0.4 is 9.64 Å².